The number of anilines is 1. The van der Waals surface area contributed by atoms with Crippen molar-refractivity contribution in [2.24, 2.45) is 11.8 Å². The number of likely N-dealkylation sites (tertiary alicyclic amines) is 2. The van der Waals surface area contributed by atoms with Gasteiger partial charge >= 0.3 is 5.97 Å². The molecule has 6 aromatic rings. The molecule has 5 heterocycles. The first-order valence-electron chi connectivity index (χ1n) is 24.9. The molecule has 1 unspecified atom stereocenters. The third kappa shape index (κ3) is 12.3. The summed E-state index contributed by atoms with van der Waals surface area (Å²) in [5, 5.41) is 39.6. The molecule has 0 radical (unpaired) electrons. The number of carbonyl (C=O) groups excluding carboxylic acids is 4. The standard InChI is InChI=1S/C54H61Cl2FN10O7/c1-6-58-52(71)50-64-63-49(41-23-39(30(2)3)46(68)25-47(41)69)67(50)38-11-10-35(43(57)22-38)28-65-16-12-32(13-17-65)53(72)66-18-14-33(15-19-66)54(73)74-29-45(34-8-7-9-37(55)20-34)62-51(70)44-21-36(26-59-44)40-24-48(61-31(4)5)60-27-42(40)56/h7-11,20-27,30-33,45,59,68-69H,6,12-19,28-29H2,1-5H3,(H,58,71)(H,60,61)(H,62,70). The quantitative estimate of drug-likeness (QED) is 0.0472. The number of halogens is 3. The monoisotopic (exact) mass is 1050 g/mol. The minimum absolute atomic E-state index is 0.0370. The van der Waals surface area contributed by atoms with Gasteiger partial charge in [0.2, 0.25) is 11.7 Å². The predicted octanol–water partition coefficient (Wildman–Crippen LogP) is 9.04. The van der Waals surface area contributed by atoms with E-state index in [4.69, 9.17) is 27.9 Å². The van der Waals surface area contributed by atoms with Crippen molar-refractivity contribution in [1.29, 1.82) is 0 Å². The highest BCUT2D eigenvalue weighted by atomic mass is 35.5. The largest absolute Gasteiger partial charge is 0.508 e. The van der Waals surface area contributed by atoms with Crippen LogP contribution >= 0.6 is 23.2 Å². The summed E-state index contributed by atoms with van der Waals surface area (Å²) in [7, 11) is 0. The lowest BCUT2D eigenvalue weighted by atomic mass is 9.92. The zero-order valence-electron chi connectivity index (χ0n) is 41.9. The second kappa shape index (κ2) is 23.5. The molecule has 3 aromatic carbocycles. The number of phenols is 2. The molecule has 2 saturated heterocycles. The molecular weight excluding hydrogens is 991 g/mol. The molecule has 74 heavy (non-hydrogen) atoms. The van der Waals surface area contributed by atoms with E-state index >= 15 is 4.39 Å². The van der Waals surface area contributed by atoms with Crippen molar-refractivity contribution < 1.29 is 38.5 Å². The zero-order chi connectivity index (χ0) is 52.8. The van der Waals surface area contributed by atoms with E-state index in [0.717, 1.165) is 0 Å². The number of phenolic OH excluding ortho intramolecular Hbond substituents is 2. The molecule has 17 nitrogen and oxygen atoms in total. The first-order valence-corrected chi connectivity index (χ1v) is 25.7. The Kier molecular flexibility index (Phi) is 16.9. The molecule has 0 spiro atoms. The Hall–Kier alpha value is -7.02. The number of H-pyrrole nitrogens is 1. The van der Waals surface area contributed by atoms with Gasteiger partial charge in [0.1, 0.15) is 35.4 Å². The molecule has 6 N–H and O–H groups in total. The van der Waals surface area contributed by atoms with Crippen molar-refractivity contribution in [3.05, 3.63) is 123 Å². The van der Waals surface area contributed by atoms with Crippen LogP contribution in [0.25, 0.3) is 28.2 Å². The van der Waals surface area contributed by atoms with Crippen LogP contribution in [0.15, 0.2) is 79.1 Å². The molecule has 3 aromatic heterocycles. The normalized spacial score (nSPS) is 15.1. The highest BCUT2D eigenvalue weighted by molar-refractivity contribution is 6.33. The molecule has 2 aliphatic heterocycles. The maximum atomic E-state index is 16.1. The fraction of sp³-hybridized carbons (Fsp3) is 0.389. The molecule has 2 fully saturated rings. The molecular formula is C54H61Cl2FN10O7. The molecule has 0 saturated carbocycles. The number of carbonyl (C=O) groups is 4. The van der Waals surface area contributed by atoms with Crippen LogP contribution in [-0.2, 0) is 20.9 Å². The van der Waals surface area contributed by atoms with Gasteiger partial charge in [-0.25, -0.2) is 9.37 Å². The van der Waals surface area contributed by atoms with Crippen molar-refractivity contribution in [2.75, 3.05) is 44.6 Å². The number of aromatic hydroxyl groups is 2. The summed E-state index contributed by atoms with van der Waals surface area (Å²) < 4.78 is 23.3. The number of ether oxygens (including phenoxy) is 1. The summed E-state index contributed by atoms with van der Waals surface area (Å²) >= 11 is 12.9. The van der Waals surface area contributed by atoms with Gasteiger partial charge in [0.25, 0.3) is 11.8 Å². The Morgan fingerprint density at radius 1 is 0.865 bits per heavy atom. The number of benzene rings is 3. The smallest absolute Gasteiger partial charge is 0.309 e. The Labute approximate surface area is 438 Å². The third-order valence-corrected chi connectivity index (χ3v) is 14.0. The molecule has 20 heteroatoms. The highest BCUT2D eigenvalue weighted by Crippen LogP contribution is 2.39. The van der Waals surface area contributed by atoms with Crippen LogP contribution < -0.4 is 16.0 Å². The molecule has 0 aliphatic carbocycles. The van der Waals surface area contributed by atoms with Gasteiger partial charge in [-0.1, -0.05) is 55.2 Å². The highest BCUT2D eigenvalue weighted by Gasteiger charge is 2.34. The van der Waals surface area contributed by atoms with Gasteiger partial charge in [-0.05, 0) is 119 Å². The molecule has 1 atom stereocenters. The summed E-state index contributed by atoms with van der Waals surface area (Å²) in [6.07, 6.45) is 5.29. The van der Waals surface area contributed by atoms with Crippen LogP contribution in [0, 0.1) is 17.7 Å². The lowest BCUT2D eigenvalue weighted by Gasteiger charge is -2.37. The number of nitrogens with zero attached hydrogens (tertiary/aromatic N) is 6. The number of aromatic nitrogens is 5. The van der Waals surface area contributed by atoms with E-state index in [1.165, 1.54) is 16.7 Å². The van der Waals surface area contributed by atoms with Gasteiger partial charge in [0.05, 0.1) is 28.2 Å². The van der Waals surface area contributed by atoms with Gasteiger partial charge in [-0.15, -0.1) is 10.2 Å². The van der Waals surface area contributed by atoms with Crippen LogP contribution in [0.5, 0.6) is 11.5 Å². The molecule has 8 rings (SSSR count). The number of amides is 3. The topological polar surface area (TPSA) is 220 Å². The summed E-state index contributed by atoms with van der Waals surface area (Å²) in [4.78, 5) is 65.4. The number of piperidine rings is 2. The summed E-state index contributed by atoms with van der Waals surface area (Å²) in [6, 6.07) is 17.4. The number of esters is 1. The van der Waals surface area contributed by atoms with Crippen molar-refractivity contribution in [3.8, 4) is 39.7 Å². The van der Waals surface area contributed by atoms with Crippen LogP contribution in [0.1, 0.15) is 110 Å². The van der Waals surface area contributed by atoms with Crippen LogP contribution in [0.2, 0.25) is 10.0 Å². The zero-order valence-corrected chi connectivity index (χ0v) is 43.4. The number of pyridine rings is 1. The van der Waals surface area contributed by atoms with Crippen molar-refractivity contribution in [2.45, 2.75) is 84.8 Å². The second-order valence-corrected chi connectivity index (χ2v) is 20.3. The number of nitrogens with one attached hydrogen (secondary N) is 4. The first kappa shape index (κ1) is 53.3. The van der Waals surface area contributed by atoms with Gasteiger partial charge in [0.15, 0.2) is 5.82 Å². The second-order valence-electron chi connectivity index (χ2n) is 19.4. The van der Waals surface area contributed by atoms with E-state index in [1.54, 1.807) is 67.8 Å². The number of rotatable bonds is 17. The maximum Gasteiger partial charge on any atom is 0.309 e. The third-order valence-electron chi connectivity index (χ3n) is 13.5. The van der Waals surface area contributed by atoms with E-state index < -0.39 is 35.6 Å². The fourth-order valence-corrected chi connectivity index (χ4v) is 9.89. The van der Waals surface area contributed by atoms with E-state index in [1.807, 2.05) is 38.7 Å². The predicted molar refractivity (Wildman–Crippen MR) is 280 cm³/mol. The minimum Gasteiger partial charge on any atom is -0.508 e. The summed E-state index contributed by atoms with van der Waals surface area (Å²) in [5.41, 5.74) is 3.78. The Balaban J connectivity index is 0.841. The lowest BCUT2D eigenvalue weighted by Crippen LogP contribution is -2.46. The fourth-order valence-electron chi connectivity index (χ4n) is 9.48. The average Bonchev–Trinajstić information content (AvgIpc) is 4.05. The van der Waals surface area contributed by atoms with E-state index in [-0.39, 0.29) is 70.5 Å². The van der Waals surface area contributed by atoms with E-state index in [0.29, 0.717) is 109 Å². The molecule has 2 aliphatic rings. The summed E-state index contributed by atoms with van der Waals surface area (Å²) in [6.45, 7) is 11.9. The van der Waals surface area contributed by atoms with Crippen LogP contribution in [0.3, 0.4) is 0 Å². The van der Waals surface area contributed by atoms with Crippen LogP contribution in [-0.4, -0.2) is 114 Å². The maximum absolute atomic E-state index is 16.1. The molecule has 3 amide bonds. The van der Waals surface area contributed by atoms with Gasteiger partial charge in [-0.2, -0.15) is 0 Å². The van der Waals surface area contributed by atoms with Crippen molar-refractivity contribution in [3.63, 3.8) is 0 Å². The van der Waals surface area contributed by atoms with Gasteiger partial charge in [0, 0.05) is 78.3 Å². The molecule has 390 valence electrons. The number of hydrogen-bond donors (Lipinski definition) is 6. The van der Waals surface area contributed by atoms with E-state index in [2.05, 4.69) is 41.0 Å². The Morgan fingerprint density at radius 2 is 1.61 bits per heavy atom. The Bertz CT molecular complexity index is 3020. The van der Waals surface area contributed by atoms with Gasteiger partial charge < -0.3 is 40.8 Å². The lowest BCUT2D eigenvalue weighted by molar-refractivity contribution is -0.153. The van der Waals surface area contributed by atoms with Gasteiger partial charge in [-0.3, -0.25) is 28.6 Å². The average molecular weight is 1050 g/mol. The minimum atomic E-state index is -0.722. The van der Waals surface area contributed by atoms with Crippen molar-refractivity contribution >= 4 is 52.7 Å². The van der Waals surface area contributed by atoms with Crippen LogP contribution in [0.4, 0.5) is 10.2 Å². The summed E-state index contributed by atoms with van der Waals surface area (Å²) in [5.74, 6) is -2.32. The number of aromatic amines is 1. The Morgan fingerprint density at radius 3 is 2.30 bits per heavy atom. The SMILES string of the molecule is CCNC(=O)c1nnc(-c2cc(C(C)C)c(O)cc2O)n1-c1ccc(CN2CCC(C(=O)N3CCC(C(=O)OCC(NC(=O)c4cc(-c5cc(NC(C)C)ncc5Cl)c[nH]4)c4cccc(Cl)c4)CC3)CC2)c(F)c1. The number of hydrogen-bond acceptors (Lipinski definition) is 12. The molecule has 0 bridgehead atoms. The van der Waals surface area contributed by atoms with Crippen molar-refractivity contribution in [1.82, 2.24) is 45.2 Å². The first-order chi connectivity index (χ1) is 35.5. The van der Waals surface area contributed by atoms with E-state index in [9.17, 15) is 29.4 Å².